The molecule has 2 aromatic rings. The molecule has 4 nitrogen and oxygen atoms in total. The Kier molecular flexibility index (Phi) is 7.18. The van der Waals surface area contributed by atoms with Crippen LogP contribution in [0.25, 0.3) is 0 Å². The minimum atomic E-state index is 0.0259. The highest BCUT2D eigenvalue weighted by Gasteiger charge is 2.19. The summed E-state index contributed by atoms with van der Waals surface area (Å²) in [4.78, 5) is 15.6. The molecule has 1 heterocycles. The van der Waals surface area contributed by atoms with Crippen LogP contribution in [0.1, 0.15) is 28.8 Å². The second-order valence-electron chi connectivity index (χ2n) is 6.83. The second-order valence-corrected chi connectivity index (χ2v) is 7.89. The Morgan fingerprint density at radius 3 is 2.74 bits per heavy atom. The summed E-state index contributed by atoms with van der Waals surface area (Å²) in [6.07, 6.45) is 2.55. The number of ether oxygens (including phenoxy) is 2. The van der Waals surface area contributed by atoms with Gasteiger partial charge in [-0.1, -0.05) is 29.8 Å². The molecule has 1 atom stereocenters. The third-order valence-electron chi connectivity index (χ3n) is 4.63. The summed E-state index contributed by atoms with van der Waals surface area (Å²) in [5.74, 6) is 1.75. The van der Waals surface area contributed by atoms with Crippen molar-refractivity contribution in [3.63, 3.8) is 0 Å². The Morgan fingerprint density at radius 1 is 1.22 bits per heavy atom. The maximum atomic E-state index is 12.9. The van der Waals surface area contributed by atoms with Crippen LogP contribution < -0.4 is 4.74 Å². The van der Waals surface area contributed by atoms with Crippen LogP contribution in [-0.4, -0.2) is 49.5 Å². The van der Waals surface area contributed by atoms with Crippen molar-refractivity contribution >= 4 is 17.7 Å². The number of hydrogen-bond donors (Lipinski definition) is 0. The molecule has 0 aliphatic carbocycles. The lowest BCUT2D eigenvalue weighted by atomic mass is 10.2. The summed E-state index contributed by atoms with van der Waals surface area (Å²) >= 11 is 1.71. The summed E-state index contributed by atoms with van der Waals surface area (Å²) in [6.45, 7) is 3.91. The Morgan fingerprint density at radius 2 is 2.00 bits per heavy atom. The molecule has 0 bridgehead atoms. The number of carbonyl (C=O) groups is 1. The van der Waals surface area contributed by atoms with Crippen molar-refractivity contribution in [1.29, 1.82) is 0 Å². The molecule has 1 aliphatic heterocycles. The zero-order valence-corrected chi connectivity index (χ0v) is 16.8. The molecular weight excluding hydrogens is 358 g/mol. The molecule has 144 valence electrons. The third-order valence-corrected chi connectivity index (χ3v) is 5.83. The van der Waals surface area contributed by atoms with Crippen molar-refractivity contribution in [2.75, 3.05) is 32.6 Å². The fourth-order valence-electron chi connectivity index (χ4n) is 2.97. The van der Waals surface area contributed by atoms with E-state index in [-0.39, 0.29) is 5.91 Å². The van der Waals surface area contributed by atoms with Gasteiger partial charge in [-0.25, -0.2) is 0 Å². The van der Waals surface area contributed by atoms with Crippen molar-refractivity contribution in [2.24, 2.45) is 0 Å². The molecule has 1 amide bonds. The number of thioether (sulfide) groups is 1. The minimum absolute atomic E-state index is 0.0259. The average Bonchev–Trinajstić information content (AvgIpc) is 3.21. The van der Waals surface area contributed by atoms with E-state index in [0.29, 0.717) is 19.3 Å². The van der Waals surface area contributed by atoms with Gasteiger partial charge < -0.3 is 14.4 Å². The third kappa shape index (κ3) is 5.75. The number of nitrogens with zero attached hydrogens (tertiary/aromatic N) is 1. The molecule has 0 aromatic heterocycles. The number of rotatable bonds is 8. The van der Waals surface area contributed by atoms with Crippen LogP contribution >= 0.6 is 11.8 Å². The molecule has 3 rings (SSSR count). The molecule has 0 radical (unpaired) electrons. The van der Waals surface area contributed by atoms with Gasteiger partial charge in [-0.15, -0.1) is 11.8 Å². The Labute approximate surface area is 165 Å². The molecule has 2 aromatic carbocycles. The van der Waals surface area contributed by atoms with Gasteiger partial charge in [0.2, 0.25) is 0 Å². The van der Waals surface area contributed by atoms with E-state index in [9.17, 15) is 4.79 Å². The number of likely N-dealkylation sites (N-methyl/N-ethyl adjacent to an activating group) is 1. The molecule has 0 spiro atoms. The normalized spacial score (nSPS) is 16.3. The number of aryl methyl sites for hydroxylation is 1. The van der Waals surface area contributed by atoms with Gasteiger partial charge in [-0.3, -0.25) is 4.79 Å². The highest BCUT2D eigenvalue weighted by molar-refractivity contribution is 7.99. The first-order valence-corrected chi connectivity index (χ1v) is 10.4. The zero-order chi connectivity index (χ0) is 19.1. The van der Waals surface area contributed by atoms with E-state index in [0.717, 1.165) is 41.4 Å². The quantitative estimate of drug-likeness (QED) is 0.631. The molecule has 1 fully saturated rings. The van der Waals surface area contributed by atoms with Gasteiger partial charge in [0.15, 0.2) is 0 Å². The monoisotopic (exact) mass is 385 g/mol. The summed E-state index contributed by atoms with van der Waals surface area (Å²) in [5.41, 5.74) is 1.95. The first kappa shape index (κ1) is 19.8. The van der Waals surface area contributed by atoms with Crippen LogP contribution in [0.15, 0.2) is 53.4 Å². The fraction of sp³-hybridized carbons (Fsp3) is 0.409. The van der Waals surface area contributed by atoms with Gasteiger partial charge in [0.05, 0.1) is 18.2 Å². The molecule has 1 unspecified atom stereocenters. The summed E-state index contributed by atoms with van der Waals surface area (Å²) in [6, 6.07) is 15.8. The largest absolute Gasteiger partial charge is 0.492 e. The highest BCUT2D eigenvalue weighted by atomic mass is 32.2. The van der Waals surface area contributed by atoms with E-state index in [1.165, 1.54) is 5.56 Å². The van der Waals surface area contributed by atoms with Gasteiger partial charge in [0.1, 0.15) is 12.4 Å². The zero-order valence-electron chi connectivity index (χ0n) is 16.0. The first-order chi connectivity index (χ1) is 13.1. The van der Waals surface area contributed by atoms with Crippen molar-refractivity contribution in [2.45, 2.75) is 30.8 Å². The molecule has 1 saturated heterocycles. The smallest absolute Gasteiger partial charge is 0.254 e. The van der Waals surface area contributed by atoms with E-state index in [4.69, 9.17) is 9.47 Å². The number of benzene rings is 2. The lowest BCUT2D eigenvalue weighted by molar-refractivity contribution is 0.0770. The van der Waals surface area contributed by atoms with Gasteiger partial charge in [-0.05, 0) is 44.0 Å². The Hall–Kier alpha value is -1.98. The standard InChI is InChI=1S/C22H27NO3S/c1-17-9-11-18(12-10-17)26-15-13-23(2)22(24)20-7-3-4-8-21(20)27-16-19-6-5-14-25-19/h3-4,7-12,19H,5-6,13-16H2,1-2H3. The predicted octanol–water partition coefficient (Wildman–Crippen LogP) is 4.42. The summed E-state index contributed by atoms with van der Waals surface area (Å²) in [5, 5.41) is 0. The Balaban J connectivity index is 1.53. The molecule has 0 N–H and O–H groups in total. The molecule has 5 heteroatoms. The second kappa shape index (κ2) is 9.81. The van der Waals surface area contributed by atoms with E-state index in [2.05, 4.69) is 0 Å². The van der Waals surface area contributed by atoms with Crippen LogP contribution in [0.2, 0.25) is 0 Å². The van der Waals surface area contributed by atoms with Crippen molar-refractivity contribution in [3.8, 4) is 5.75 Å². The van der Waals surface area contributed by atoms with Gasteiger partial charge in [-0.2, -0.15) is 0 Å². The van der Waals surface area contributed by atoms with Gasteiger partial charge in [0, 0.05) is 24.3 Å². The number of carbonyl (C=O) groups excluding carboxylic acids is 1. The van der Waals surface area contributed by atoms with Gasteiger partial charge in [0.25, 0.3) is 5.91 Å². The minimum Gasteiger partial charge on any atom is -0.492 e. The average molecular weight is 386 g/mol. The van der Waals surface area contributed by atoms with Crippen LogP contribution in [0.3, 0.4) is 0 Å². The maximum absolute atomic E-state index is 12.9. The lowest BCUT2D eigenvalue weighted by Crippen LogP contribution is -2.31. The van der Waals surface area contributed by atoms with E-state index in [1.54, 1.807) is 16.7 Å². The van der Waals surface area contributed by atoms with Crippen LogP contribution in [-0.2, 0) is 4.74 Å². The summed E-state index contributed by atoms with van der Waals surface area (Å²) < 4.78 is 11.4. The summed E-state index contributed by atoms with van der Waals surface area (Å²) in [7, 11) is 1.82. The molecular formula is C22H27NO3S. The van der Waals surface area contributed by atoms with Gasteiger partial charge >= 0.3 is 0 Å². The molecule has 1 aliphatic rings. The van der Waals surface area contributed by atoms with Crippen molar-refractivity contribution < 1.29 is 14.3 Å². The topological polar surface area (TPSA) is 38.8 Å². The predicted molar refractivity (Wildman–Crippen MR) is 110 cm³/mol. The Bertz CT molecular complexity index is 741. The fourth-order valence-corrected chi connectivity index (χ4v) is 4.08. The number of hydrogen-bond acceptors (Lipinski definition) is 4. The van der Waals surface area contributed by atoms with Crippen molar-refractivity contribution in [3.05, 3.63) is 59.7 Å². The SMILES string of the molecule is Cc1ccc(OCCN(C)C(=O)c2ccccc2SCC2CCCO2)cc1. The van der Waals surface area contributed by atoms with Crippen molar-refractivity contribution in [1.82, 2.24) is 4.90 Å². The van der Waals surface area contributed by atoms with E-state index < -0.39 is 0 Å². The van der Waals surface area contributed by atoms with E-state index >= 15 is 0 Å². The number of amides is 1. The lowest BCUT2D eigenvalue weighted by Gasteiger charge is -2.19. The first-order valence-electron chi connectivity index (χ1n) is 9.42. The molecule has 27 heavy (non-hydrogen) atoms. The van der Waals surface area contributed by atoms with Crippen LogP contribution in [0.5, 0.6) is 5.75 Å². The highest BCUT2D eigenvalue weighted by Crippen LogP contribution is 2.27. The van der Waals surface area contributed by atoms with Crippen LogP contribution in [0.4, 0.5) is 0 Å². The maximum Gasteiger partial charge on any atom is 0.254 e. The van der Waals surface area contributed by atoms with E-state index in [1.807, 2.05) is 62.5 Å². The van der Waals surface area contributed by atoms with Crippen LogP contribution in [0, 0.1) is 6.92 Å². The molecule has 0 saturated carbocycles.